The third kappa shape index (κ3) is 45.0. The van der Waals surface area contributed by atoms with Gasteiger partial charge in [0.1, 0.15) is 54.8 Å². The van der Waals surface area contributed by atoms with E-state index in [-0.39, 0.29) is 25.9 Å². The van der Waals surface area contributed by atoms with Crippen molar-refractivity contribution in [3.63, 3.8) is 0 Å². The van der Waals surface area contributed by atoms with Crippen LogP contribution in [0.4, 0.5) is 0 Å². The molecule has 20 heteroatoms. The van der Waals surface area contributed by atoms with Gasteiger partial charge >= 0.3 is 13.8 Å². The van der Waals surface area contributed by atoms with Crippen molar-refractivity contribution < 1.29 is 82.5 Å². The molecule has 12 atom stereocenters. The maximum absolute atomic E-state index is 14.2. The lowest BCUT2D eigenvalue weighted by molar-refractivity contribution is -0.302. The number of aliphatic hydroxyl groups excluding tert-OH is 5. The lowest BCUT2D eigenvalue weighted by Crippen LogP contribution is -2.67. The van der Waals surface area contributed by atoms with Crippen LogP contribution in [0.5, 0.6) is 0 Å². The van der Waals surface area contributed by atoms with Crippen LogP contribution in [-0.2, 0) is 47.2 Å². The van der Waals surface area contributed by atoms with E-state index in [2.05, 4.69) is 38.3 Å². The number of esters is 1. The first-order chi connectivity index (χ1) is 45.6. The minimum absolute atomic E-state index is 0.200. The summed E-state index contributed by atoms with van der Waals surface area (Å²) in [7, 11) is -5.32. The summed E-state index contributed by atoms with van der Waals surface area (Å²) in [5, 5.41) is 62.0. The van der Waals surface area contributed by atoms with E-state index in [9.17, 15) is 54.3 Å². The number of carbonyl (C=O) groups is 3. The summed E-state index contributed by atoms with van der Waals surface area (Å²) >= 11 is 0. The van der Waals surface area contributed by atoms with Crippen LogP contribution >= 0.6 is 7.82 Å². The van der Waals surface area contributed by atoms with Gasteiger partial charge in [0.2, 0.25) is 11.8 Å². The number of aliphatic hydroxyl groups is 5. The van der Waals surface area contributed by atoms with Crippen molar-refractivity contribution in [3.05, 3.63) is 0 Å². The first-order valence-electron chi connectivity index (χ1n) is 39.0. The third-order valence-corrected chi connectivity index (χ3v) is 19.6. The molecule has 19 nitrogen and oxygen atoms in total. The van der Waals surface area contributed by atoms with Crippen LogP contribution in [0.1, 0.15) is 362 Å². The predicted molar refractivity (Wildman–Crippen MR) is 374 cm³/mol. The van der Waals surface area contributed by atoms with Crippen LogP contribution in [0.25, 0.3) is 0 Å². The summed E-state index contributed by atoms with van der Waals surface area (Å²) in [6.45, 7) is 7.58. The van der Waals surface area contributed by atoms with Crippen LogP contribution in [0.2, 0.25) is 0 Å². The zero-order chi connectivity index (χ0) is 68.7. The Morgan fingerprint density at radius 1 is 0.436 bits per heavy atom. The molecule has 0 spiro atoms. The topological polar surface area (TPSA) is 289 Å². The monoisotopic (exact) mass is 1360 g/mol. The Morgan fingerprint density at radius 2 is 0.787 bits per heavy atom. The molecule has 2 saturated heterocycles. The Kier molecular flexibility index (Phi) is 55.3. The van der Waals surface area contributed by atoms with E-state index in [1.54, 1.807) is 0 Å². The second-order valence-electron chi connectivity index (χ2n) is 27.9. The normalized spacial score (nSPS) is 22.3. The number of nitrogens with one attached hydrogen (secondary N) is 2. The zero-order valence-corrected chi connectivity index (χ0v) is 60.9. The van der Waals surface area contributed by atoms with Gasteiger partial charge in [0.05, 0.1) is 32.2 Å². The molecule has 556 valence electrons. The Labute approximate surface area is 571 Å². The number of hydrogen-bond acceptors (Lipinski definition) is 15. The fourth-order valence-corrected chi connectivity index (χ4v) is 13.8. The molecular weight excluding hydrogens is 1220 g/mol. The minimum Gasteiger partial charge on any atom is -0.462 e. The predicted octanol–water partition coefficient (Wildman–Crippen LogP) is 15.6. The van der Waals surface area contributed by atoms with Gasteiger partial charge in [-0.3, -0.25) is 18.9 Å². The van der Waals surface area contributed by atoms with Gasteiger partial charge in [0.25, 0.3) is 0 Å². The van der Waals surface area contributed by atoms with Crippen molar-refractivity contribution in [2.45, 2.75) is 435 Å². The largest absolute Gasteiger partial charge is 0.470 e. The molecule has 2 aliphatic rings. The lowest BCUT2D eigenvalue weighted by atomic mass is 9.95. The van der Waals surface area contributed by atoms with Crippen LogP contribution in [0.3, 0.4) is 0 Å². The lowest BCUT2D eigenvalue weighted by Gasteiger charge is -2.45. The van der Waals surface area contributed by atoms with Crippen molar-refractivity contribution in [3.8, 4) is 0 Å². The maximum Gasteiger partial charge on any atom is 0.470 e. The molecule has 2 amide bonds. The molecular formula is C74H143N2O17P. The maximum atomic E-state index is 14.2. The quantitative estimate of drug-likeness (QED) is 0.0155. The molecule has 0 aromatic rings. The van der Waals surface area contributed by atoms with Gasteiger partial charge in [0, 0.05) is 13.0 Å². The summed E-state index contributed by atoms with van der Waals surface area (Å²) in [4.78, 5) is 60.8. The van der Waals surface area contributed by atoms with E-state index in [1.165, 1.54) is 186 Å². The molecule has 94 heavy (non-hydrogen) atoms. The van der Waals surface area contributed by atoms with E-state index in [4.69, 9.17) is 28.2 Å². The van der Waals surface area contributed by atoms with Gasteiger partial charge in [0.15, 0.2) is 12.6 Å². The number of unbranched alkanes of at least 4 members (excludes halogenated alkanes) is 43. The molecule has 0 saturated carbocycles. The smallest absolute Gasteiger partial charge is 0.462 e. The fraction of sp³-hybridized carbons (Fsp3) is 0.959. The van der Waals surface area contributed by atoms with Gasteiger partial charge < -0.3 is 69.6 Å². The molecule has 0 aromatic carbocycles. The van der Waals surface area contributed by atoms with Crippen LogP contribution in [-0.4, -0.2) is 146 Å². The standard InChI is InChI=1S/C74H143N2O17P/c1-5-9-13-17-21-25-26-27-28-29-30-31-32-33-34-35-39-43-47-51-55-88-73-67(75-64(79)56-60(78)52-48-44-40-36-22-18-14-10-6-2)70(83)69(82)63(92-73)59-89-74-68(71(84)72(62(58-77)91-74)93-94(85,86)87)76-65(80)57-61(53-49-45-41-37-23-19-15-11-7-3)90-66(81)54-50-46-42-38-24-20-16-12-8-4/h60-63,67-74,77-78,82-84H,5-59H2,1-4H3,(H,75,79)(H,76,80)(H2,85,86,87)/t60-,61-,62-,63-,67-,68-,69-,70-,71-,72-,73+,74-/m1/s1. The van der Waals surface area contributed by atoms with E-state index >= 15 is 0 Å². The fourth-order valence-electron chi connectivity index (χ4n) is 13.2. The summed E-state index contributed by atoms with van der Waals surface area (Å²) in [6, 6.07) is -2.86. The number of amides is 2. The molecule has 0 aliphatic carbocycles. The van der Waals surface area contributed by atoms with Crippen molar-refractivity contribution >= 4 is 25.6 Å². The number of carbonyl (C=O) groups excluding carboxylic acids is 3. The van der Waals surface area contributed by atoms with Crippen LogP contribution in [0, 0.1) is 0 Å². The zero-order valence-electron chi connectivity index (χ0n) is 60.0. The van der Waals surface area contributed by atoms with Gasteiger partial charge in [-0.1, -0.05) is 310 Å². The van der Waals surface area contributed by atoms with E-state index in [0.717, 1.165) is 96.3 Å². The van der Waals surface area contributed by atoms with Crippen LogP contribution in [0.15, 0.2) is 0 Å². The number of hydrogen-bond donors (Lipinski definition) is 9. The highest BCUT2D eigenvalue weighted by atomic mass is 31.2. The number of phosphoric acid groups is 1. The molecule has 0 radical (unpaired) electrons. The Morgan fingerprint density at radius 3 is 1.20 bits per heavy atom. The van der Waals surface area contributed by atoms with E-state index < -0.39 is 112 Å². The van der Waals surface area contributed by atoms with Crippen molar-refractivity contribution in [1.82, 2.24) is 10.6 Å². The molecule has 9 N–H and O–H groups in total. The highest BCUT2D eigenvalue weighted by Crippen LogP contribution is 2.42. The molecule has 2 heterocycles. The third-order valence-electron chi connectivity index (χ3n) is 19.1. The summed E-state index contributed by atoms with van der Waals surface area (Å²) in [6.07, 6.45) is 39.8. The Balaban J connectivity index is 2.17. The summed E-state index contributed by atoms with van der Waals surface area (Å²) < 4.78 is 47.9. The van der Waals surface area contributed by atoms with Gasteiger partial charge in [-0.25, -0.2) is 4.57 Å². The SMILES string of the molecule is CCCCCCCCCCCCCCCCCCCCCCO[C@H]1O[C@H](CO[C@@H]2O[C@H](CO)[C@@H](OP(=O)(O)O)[C@H](O)[C@H]2NC(=O)C[C@@H](CCCCCCCCCCC)OC(=O)CCCCCCCCCCC)[C@@H](O)[C@H](O)[C@H]1NC(=O)C[C@H](O)CCCCCCCCCCC. The number of rotatable bonds is 65. The summed E-state index contributed by atoms with van der Waals surface area (Å²) in [5.41, 5.74) is 0. The van der Waals surface area contributed by atoms with Gasteiger partial charge in [-0.05, 0) is 32.1 Å². The minimum atomic E-state index is -5.32. The number of ether oxygens (including phenoxy) is 5. The van der Waals surface area contributed by atoms with E-state index in [1.807, 2.05) is 0 Å². The Hall–Kier alpha value is -1.84. The van der Waals surface area contributed by atoms with E-state index in [0.29, 0.717) is 32.1 Å². The summed E-state index contributed by atoms with van der Waals surface area (Å²) in [5.74, 6) is -1.67. The van der Waals surface area contributed by atoms with Crippen molar-refractivity contribution in [2.24, 2.45) is 0 Å². The second kappa shape index (κ2) is 58.9. The van der Waals surface area contributed by atoms with Crippen LogP contribution < -0.4 is 10.6 Å². The average Bonchev–Trinajstić information content (AvgIpc) is 0.798. The van der Waals surface area contributed by atoms with Crippen molar-refractivity contribution in [2.75, 3.05) is 19.8 Å². The molecule has 0 unspecified atom stereocenters. The Bertz CT molecular complexity index is 1840. The molecule has 0 aromatic heterocycles. The molecule has 0 bridgehead atoms. The number of phosphoric ester groups is 1. The van der Waals surface area contributed by atoms with Gasteiger partial charge in [-0.15, -0.1) is 0 Å². The van der Waals surface area contributed by atoms with Crippen molar-refractivity contribution in [1.29, 1.82) is 0 Å². The first-order valence-corrected chi connectivity index (χ1v) is 40.5. The second-order valence-corrected chi connectivity index (χ2v) is 29.1. The highest BCUT2D eigenvalue weighted by Gasteiger charge is 2.51. The first kappa shape index (κ1) is 88.2. The highest BCUT2D eigenvalue weighted by molar-refractivity contribution is 7.46. The molecule has 2 rings (SSSR count). The molecule has 2 aliphatic heterocycles. The average molecular weight is 1360 g/mol. The molecule has 2 fully saturated rings. The van der Waals surface area contributed by atoms with Gasteiger partial charge in [-0.2, -0.15) is 0 Å².